The maximum atomic E-state index is 12.2. The normalized spacial score (nSPS) is 14.4. The number of nitro groups is 1. The molecule has 1 saturated heterocycles. The number of Topliss-reactive ketones (excluding diaryl/α,β-unsaturated/α-hetero) is 1. The molecule has 0 saturated carbocycles. The SMILES string of the molecule is CC(=O)/C(=C\N1CC(=O)NC1=S)C(=O)Nc1ccc([N+](=O)[O-])cc1. The molecule has 0 aliphatic carbocycles. The van der Waals surface area contributed by atoms with E-state index in [1.807, 2.05) is 0 Å². The number of nitro benzene ring substituents is 1. The molecular formula is C14H12N4O5S. The molecule has 2 amide bonds. The van der Waals surface area contributed by atoms with Gasteiger partial charge < -0.3 is 15.5 Å². The molecule has 0 unspecified atom stereocenters. The zero-order valence-corrected chi connectivity index (χ0v) is 13.3. The first-order valence-corrected chi connectivity index (χ1v) is 7.08. The summed E-state index contributed by atoms with van der Waals surface area (Å²) in [5, 5.41) is 15.5. The average molecular weight is 348 g/mol. The maximum absolute atomic E-state index is 12.2. The van der Waals surface area contributed by atoms with Crippen LogP contribution in [0.4, 0.5) is 11.4 Å². The molecule has 2 N–H and O–H groups in total. The minimum Gasteiger partial charge on any atom is -0.322 e. The molecular weight excluding hydrogens is 336 g/mol. The van der Waals surface area contributed by atoms with Gasteiger partial charge in [0.2, 0.25) is 5.91 Å². The second kappa shape index (κ2) is 6.96. The van der Waals surface area contributed by atoms with Gasteiger partial charge in [-0.3, -0.25) is 24.5 Å². The monoisotopic (exact) mass is 348 g/mol. The van der Waals surface area contributed by atoms with Crippen molar-refractivity contribution in [3.05, 3.63) is 46.2 Å². The molecule has 10 heteroatoms. The first-order valence-electron chi connectivity index (χ1n) is 6.67. The van der Waals surface area contributed by atoms with Crippen molar-refractivity contribution in [3.63, 3.8) is 0 Å². The van der Waals surface area contributed by atoms with E-state index in [1.54, 1.807) is 0 Å². The summed E-state index contributed by atoms with van der Waals surface area (Å²) in [4.78, 5) is 46.5. The molecule has 0 bridgehead atoms. The predicted molar refractivity (Wildman–Crippen MR) is 87.9 cm³/mol. The number of benzene rings is 1. The Balaban J connectivity index is 2.17. The summed E-state index contributed by atoms with van der Waals surface area (Å²) in [6.07, 6.45) is 1.20. The van der Waals surface area contributed by atoms with Crippen molar-refractivity contribution in [1.29, 1.82) is 0 Å². The number of carbonyl (C=O) groups excluding carboxylic acids is 3. The average Bonchev–Trinajstić information content (AvgIpc) is 2.82. The molecule has 1 aromatic carbocycles. The van der Waals surface area contributed by atoms with Crippen LogP contribution in [0.2, 0.25) is 0 Å². The highest BCUT2D eigenvalue weighted by Crippen LogP contribution is 2.16. The van der Waals surface area contributed by atoms with E-state index in [1.165, 1.54) is 42.3 Å². The van der Waals surface area contributed by atoms with Crippen molar-refractivity contribution >= 4 is 46.3 Å². The molecule has 9 nitrogen and oxygen atoms in total. The molecule has 1 fully saturated rings. The number of hydrogen-bond donors (Lipinski definition) is 2. The van der Waals surface area contributed by atoms with Crippen LogP contribution in [0.15, 0.2) is 36.0 Å². The lowest BCUT2D eigenvalue weighted by molar-refractivity contribution is -0.384. The largest absolute Gasteiger partial charge is 0.322 e. The summed E-state index contributed by atoms with van der Waals surface area (Å²) in [7, 11) is 0. The second-order valence-electron chi connectivity index (χ2n) is 4.84. The van der Waals surface area contributed by atoms with Crippen molar-refractivity contribution in [2.45, 2.75) is 6.92 Å². The Labute approximate surface area is 141 Å². The van der Waals surface area contributed by atoms with Crippen LogP contribution in [-0.4, -0.2) is 39.1 Å². The van der Waals surface area contributed by atoms with Crippen LogP contribution >= 0.6 is 12.2 Å². The molecule has 0 atom stereocenters. The van der Waals surface area contributed by atoms with E-state index >= 15 is 0 Å². The Morgan fingerprint density at radius 2 is 2.00 bits per heavy atom. The topological polar surface area (TPSA) is 122 Å². The Morgan fingerprint density at radius 1 is 1.38 bits per heavy atom. The number of amides is 2. The molecule has 124 valence electrons. The second-order valence-corrected chi connectivity index (χ2v) is 5.22. The third kappa shape index (κ3) is 3.98. The van der Waals surface area contributed by atoms with Crippen molar-refractivity contribution in [1.82, 2.24) is 10.2 Å². The minimum atomic E-state index is -0.710. The summed E-state index contributed by atoms with van der Waals surface area (Å²) >= 11 is 4.92. The Bertz CT molecular complexity index is 772. The Hall–Kier alpha value is -3.14. The van der Waals surface area contributed by atoms with Gasteiger partial charge in [0.1, 0.15) is 6.54 Å². The molecule has 1 aromatic rings. The summed E-state index contributed by atoms with van der Waals surface area (Å²) in [5.41, 5.74) is -0.0366. The van der Waals surface area contributed by atoms with Crippen LogP contribution in [0.5, 0.6) is 0 Å². The van der Waals surface area contributed by atoms with E-state index in [0.29, 0.717) is 0 Å². The zero-order chi connectivity index (χ0) is 17.9. The van der Waals surface area contributed by atoms with Gasteiger partial charge in [0, 0.05) is 24.0 Å². The standard InChI is InChI=1S/C14H12N4O5S/c1-8(19)11(6-17-7-12(20)16-14(17)24)13(21)15-9-2-4-10(5-3-9)18(22)23/h2-6H,7H2,1H3,(H,15,21)(H,16,20,24)/b11-6+. The summed E-state index contributed by atoms with van der Waals surface area (Å²) in [6.45, 7) is 1.12. The lowest BCUT2D eigenvalue weighted by atomic mass is 10.1. The number of hydrogen-bond acceptors (Lipinski definition) is 6. The lowest BCUT2D eigenvalue weighted by Crippen LogP contribution is -2.27. The quantitative estimate of drug-likeness (QED) is 0.201. The Kier molecular flexibility index (Phi) is 4.99. The molecule has 0 spiro atoms. The molecule has 1 heterocycles. The smallest absolute Gasteiger partial charge is 0.269 e. The fraction of sp³-hybridized carbons (Fsp3) is 0.143. The first kappa shape index (κ1) is 17.2. The fourth-order valence-corrected chi connectivity index (χ4v) is 2.12. The van der Waals surface area contributed by atoms with Crippen LogP contribution in [-0.2, 0) is 14.4 Å². The highest BCUT2D eigenvalue weighted by molar-refractivity contribution is 7.80. The summed E-state index contributed by atoms with van der Waals surface area (Å²) in [5.74, 6) is -1.56. The number of anilines is 1. The van der Waals surface area contributed by atoms with Crippen LogP contribution in [0.1, 0.15) is 6.92 Å². The van der Waals surface area contributed by atoms with Crippen molar-refractivity contribution in [2.75, 3.05) is 11.9 Å². The van der Waals surface area contributed by atoms with Gasteiger partial charge in [-0.25, -0.2) is 0 Å². The van der Waals surface area contributed by atoms with Gasteiger partial charge in [0.15, 0.2) is 10.9 Å². The summed E-state index contributed by atoms with van der Waals surface area (Å²) < 4.78 is 0. The maximum Gasteiger partial charge on any atom is 0.269 e. The number of thiocarbonyl (C=S) groups is 1. The van der Waals surface area contributed by atoms with E-state index in [0.717, 1.165) is 0 Å². The first-order chi connectivity index (χ1) is 11.3. The predicted octanol–water partition coefficient (Wildman–Crippen LogP) is 0.723. The van der Waals surface area contributed by atoms with Gasteiger partial charge >= 0.3 is 0 Å². The van der Waals surface area contributed by atoms with Gasteiger partial charge in [-0.15, -0.1) is 0 Å². The van der Waals surface area contributed by atoms with Crippen LogP contribution in [0.3, 0.4) is 0 Å². The van der Waals surface area contributed by atoms with Crippen LogP contribution < -0.4 is 10.6 Å². The molecule has 2 rings (SSSR count). The number of nitrogens with one attached hydrogen (secondary N) is 2. The van der Waals surface area contributed by atoms with Gasteiger partial charge in [-0.05, 0) is 31.3 Å². The fourth-order valence-electron chi connectivity index (χ4n) is 1.89. The van der Waals surface area contributed by atoms with Gasteiger partial charge in [-0.1, -0.05) is 0 Å². The molecule has 1 aliphatic rings. The third-order valence-corrected chi connectivity index (χ3v) is 3.40. The van der Waals surface area contributed by atoms with E-state index in [9.17, 15) is 24.5 Å². The minimum absolute atomic E-state index is 0.0829. The molecule has 24 heavy (non-hydrogen) atoms. The molecule has 0 aromatic heterocycles. The highest BCUT2D eigenvalue weighted by Gasteiger charge is 2.25. The highest BCUT2D eigenvalue weighted by atomic mass is 32.1. The zero-order valence-electron chi connectivity index (χ0n) is 12.4. The number of rotatable bonds is 5. The van der Waals surface area contributed by atoms with E-state index in [4.69, 9.17) is 12.2 Å². The van der Waals surface area contributed by atoms with Gasteiger partial charge in [-0.2, -0.15) is 0 Å². The van der Waals surface area contributed by atoms with E-state index < -0.39 is 16.6 Å². The summed E-state index contributed by atoms with van der Waals surface area (Å²) in [6, 6.07) is 5.15. The van der Waals surface area contributed by atoms with E-state index in [-0.39, 0.29) is 34.5 Å². The lowest BCUT2D eigenvalue weighted by Gasteiger charge is -2.12. The van der Waals surface area contributed by atoms with Gasteiger partial charge in [0.25, 0.3) is 11.6 Å². The van der Waals surface area contributed by atoms with Crippen molar-refractivity contribution in [3.8, 4) is 0 Å². The number of ketones is 1. The third-order valence-electron chi connectivity index (χ3n) is 3.07. The number of non-ortho nitro benzene ring substituents is 1. The molecule has 1 aliphatic heterocycles. The number of carbonyl (C=O) groups is 3. The van der Waals surface area contributed by atoms with Gasteiger partial charge in [0.05, 0.1) is 10.5 Å². The number of nitrogens with zero attached hydrogens (tertiary/aromatic N) is 2. The van der Waals surface area contributed by atoms with Crippen LogP contribution in [0.25, 0.3) is 0 Å². The van der Waals surface area contributed by atoms with Crippen molar-refractivity contribution < 1.29 is 19.3 Å². The Morgan fingerprint density at radius 3 is 2.46 bits per heavy atom. The van der Waals surface area contributed by atoms with Crippen molar-refractivity contribution in [2.24, 2.45) is 0 Å². The molecule has 0 radical (unpaired) electrons. The van der Waals surface area contributed by atoms with E-state index in [2.05, 4.69) is 10.6 Å². The van der Waals surface area contributed by atoms with Crippen LogP contribution in [0, 0.1) is 10.1 Å².